The average molecular weight is 389 g/mol. The van der Waals surface area contributed by atoms with Gasteiger partial charge < -0.3 is 14.8 Å². The van der Waals surface area contributed by atoms with Gasteiger partial charge >= 0.3 is 6.03 Å². The van der Waals surface area contributed by atoms with Gasteiger partial charge in [-0.1, -0.05) is 18.2 Å². The van der Waals surface area contributed by atoms with Crippen LogP contribution in [0.15, 0.2) is 42.6 Å². The first-order valence-electron chi connectivity index (χ1n) is 9.43. The number of fused-ring (bicyclic) bond motifs is 2. The lowest BCUT2D eigenvalue weighted by atomic mass is 10.1. The molecule has 2 N–H and O–H groups in total. The molecule has 7 heteroatoms. The number of hydrogen-bond acceptors (Lipinski definition) is 3. The molecule has 0 spiro atoms. The molecule has 1 aliphatic heterocycles. The van der Waals surface area contributed by atoms with E-state index in [2.05, 4.69) is 21.4 Å². The molecule has 29 heavy (non-hydrogen) atoms. The summed E-state index contributed by atoms with van der Waals surface area (Å²) in [4.78, 5) is 35.2. The number of pyridine rings is 1. The van der Waals surface area contributed by atoms with Crippen molar-refractivity contribution < 1.29 is 9.59 Å². The lowest BCUT2D eigenvalue weighted by Crippen LogP contribution is -2.35. The summed E-state index contributed by atoms with van der Waals surface area (Å²) >= 11 is 0. The van der Waals surface area contributed by atoms with E-state index in [9.17, 15) is 9.59 Å². The summed E-state index contributed by atoms with van der Waals surface area (Å²) < 4.78 is 0. The molecule has 1 aliphatic rings. The monoisotopic (exact) mass is 389 g/mol. The quantitative estimate of drug-likeness (QED) is 0.670. The van der Waals surface area contributed by atoms with Crippen molar-refractivity contribution in [2.45, 2.75) is 20.0 Å². The highest BCUT2D eigenvalue weighted by molar-refractivity contribution is 5.93. The van der Waals surface area contributed by atoms with E-state index in [1.165, 1.54) is 0 Å². The van der Waals surface area contributed by atoms with Crippen molar-refractivity contribution in [1.82, 2.24) is 19.8 Å². The minimum atomic E-state index is -0.169. The van der Waals surface area contributed by atoms with E-state index in [1.807, 2.05) is 31.2 Å². The molecule has 2 aromatic heterocycles. The molecular weight excluding hydrogens is 366 g/mol. The van der Waals surface area contributed by atoms with E-state index in [-0.39, 0.29) is 11.9 Å². The molecule has 3 heterocycles. The number of carbonyl (C=O) groups excluding carboxylic acids is 2. The Bertz CT molecular complexity index is 1130. The number of likely N-dealkylation sites (N-methyl/N-ethyl adjacent to an activating group) is 1. The first-order valence-corrected chi connectivity index (χ1v) is 9.43. The first kappa shape index (κ1) is 18.7. The van der Waals surface area contributed by atoms with Gasteiger partial charge in [-0.3, -0.25) is 10.1 Å². The molecule has 0 saturated heterocycles. The lowest BCUT2D eigenvalue weighted by molar-refractivity contribution is -0.125. The fourth-order valence-electron chi connectivity index (χ4n) is 3.53. The first-order chi connectivity index (χ1) is 13.9. The van der Waals surface area contributed by atoms with Gasteiger partial charge in [0.1, 0.15) is 5.82 Å². The largest absolute Gasteiger partial charge is 0.358 e. The Morgan fingerprint density at radius 3 is 2.97 bits per heavy atom. The Morgan fingerprint density at radius 1 is 1.34 bits per heavy atom. The summed E-state index contributed by atoms with van der Waals surface area (Å²) in [7, 11) is 3.52. The number of para-hydroxylation sites is 1. The molecular formula is C22H23N5O2. The Hall–Kier alpha value is -3.61. The minimum absolute atomic E-state index is 0.0853. The number of aryl methyl sites for hydroxylation is 1. The number of urea groups is 1. The Labute approximate surface area is 169 Å². The normalized spacial score (nSPS) is 13.6. The highest BCUT2D eigenvalue weighted by atomic mass is 16.2. The molecule has 7 nitrogen and oxygen atoms in total. The number of carbonyl (C=O) groups is 2. The summed E-state index contributed by atoms with van der Waals surface area (Å²) in [6.07, 6.45) is 4.96. The van der Waals surface area contributed by atoms with E-state index in [1.54, 1.807) is 42.2 Å². The number of nitrogens with one attached hydrogen (secondary N) is 2. The zero-order valence-electron chi connectivity index (χ0n) is 16.7. The third-order valence-electron chi connectivity index (χ3n) is 5.18. The van der Waals surface area contributed by atoms with Gasteiger partial charge in [-0.05, 0) is 36.3 Å². The lowest BCUT2D eigenvalue weighted by Gasteiger charge is -2.25. The van der Waals surface area contributed by atoms with Crippen LogP contribution in [0.2, 0.25) is 0 Å². The standard InChI is InChI=1S/C22H23N5O2/c1-14-18(17-6-4-5-7-19(17)24-14)13-26(2)20(28)9-8-15-10-16-12-27(3)22(29)25-21(16)23-11-15/h4-11,24H,12-13H2,1-3H3,(H,23,25,29)/b9-8+. The maximum Gasteiger partial charge on any atom is 0.323 e. The zero-order chi connectivity index (χ0) is 20.5. The smallest absolute Gasteiger partial charge is 0.323 e. The summed E-state index contributed by atoms with van der Waals surface area (Å²) in [5.41, 5.74) is 5.01. The highest BCUT2D eigenvalue weighted by Gasteiger charge is 2.20. The van der Waals surface area contributed by atoms with Crippen LogP contribution in [0.3, 0.4) is 0 Å². The third-order valence-corrected chi connectivity index (χ3v) is 5.18. The number of amides is 3. The second-order valence-electron chi connectivity index (χ2n) is 7.36. The average Bonchev–Trinajstić information content (AvgIpc) is 3.02. The van der Waals surface area contributed by atoms with Crippen molar-refractivity contribution in [2.24, 2.45) is 0 Å². The van der Waals surface area contributed by atoms with Gasteiger partial charge in [0.05, 0.1) is 6.54 Å². The summed E-state index contributed by atoms with van der Waals surface area (Å²) in [6, 6.07) is 9.87. The predicted octanol–water partition coefficient (Wildman–Crippen LogP) is 3.52. The van der Waals surface area contributed by atoms with Crippen LogP contribution in [0.4, 0.5) is 10.6 Å². The summed E-state index contributed by atoms with van der Waals surface area (Å²) in [5.74, 6) is 0.487. The van der Waals surface area contributed by atoms with E-state index in [4.69, 9.17) is 0 Å². The minimum Gasteiger partial charge on any atom is -0.358 e. The predicted molar refractivity (Wildman–Crippen MR) is 113 cm³/mol. The van der Waals surface area contributed by atoms with Gasteiger partial charge in [-0.2, -0.15) is 0 Å². The van der Waals surface area contributed by atoms with E-state index >= 15 is 0 Å². The maximum absolute atomic E-state index is 12.6. The maximum atomic E-state index is 12.6. The molecule has 0 bridgehead atoms. The second-order valence-corrected chi connectivity index (χ2v) is 7.36. The molecule has 0 fully saturated rings. The number of aromatic nitrogens is 2. The van der Waals surface area contributed by atoms with Crippen molar-refractivity contribution >= 4 is 34.7 Å². The fraction of sp³-hybridized carbons (Fsp3) is 0.227. The van der Waals surface area contributed by atoms with Gasteiger partial charge in [-0.25, -0.2) is 9.78 Å². The van der Waals surface area contributed by atoms with Crippen LogP contribution >= 0.6 is 0 Å². The van der Waals surface area contributed by atoms with Crippen LogP contribution in [0.1, 0.15) is 22.4 Å². The van der Waals surface area contributed by atoms with Crippen LogP contribution < -0.4 is 5.32 Å². The molecule has 1 aromatic carbocycles. The number of H-pyrrole nitrogens is 1. The van der Waals surface area contributed by atoms with E-state index in [0.717, 1.165) is 33.3 Å². The van der Waals surface area contributed by atoms with Crippen molar-refractivity contribution in [3.8, 4) is 0 Å². The van der Waals surface area contributed by atoms with Crippen LogP contribution in [0.25, 0.3) is 17.0 Å². The Kier molecular flexibility index (Phi) is 4.80. The molecule has 3 amide bonds. The number of aromatic amines is 1. The molecule has 0 aliphatic carbocycles. The molecule has 0 atom stereocenters. The molecule has 0 radical (unpaired) electrons. The molecule has 4 rings (SSSR count). The molecule has 148 valence electrons. The van der Waals surface area contributed by atoms with Gasteiger partial charge in [0.15, 0.2) is 0 Å². The number of anilines is 1. The van der Waals surface area contributed by atoms with Gasteiger partial charge in [-0.15, -0.1) is 0 Å². The van der Waals surface area contributed by atoms with E-state index < -0.39 is 0 Å². The number of nitrogens with zero attached hydrogens (tertiary/aromatic N) is 3. The second kappa shape index (κ2) is 7.43. The highest BCUT2D eigenvalue weighted by Crippen LogP contribution is 2.24. The van der Waals surface area contributed by atoms with Gasteiger partial charge in [0, 0.05) is 55.1 Å². The Morgan fingerprint density at radius 2 is 2.14 bits per heavy atom. The fourth-order valence-corrected chi connectivity index (χ4v) is 3.53. The number of benzene rings is 1. The molecule has 3 aromatic rings. The van der Waals surface area contributed by atoms with Crippen molar-refractivity contribution in [1.29, 1.82) is 0 Å². The number of hydrogen-bond donors (Lipinski definition) is 2. The zero-order valence-corrected chi connectivity index (χ0v) is 16.7. The van der Waals surface area contributed by atoms with Crippen molar-refractivity contribution in [3.05, 3.63) is 65.0 Å². The summed E-state index contributed by atoms with van der Waals surface area (Å²) in [6.45, 7) is 3.04. The molecule has 0 saturated carbocycles. The van der Waals surface area contributed by atoms with Gasteiger partial charge in [0.25, 0.3) is 0 Å². The van der Waals surface area contributed by atoms with Crippen molar-refractivity contribution in [3.63, 3.8) is 0 Å². The van der Waals surface area contributed by atoms with Gasteiger partial charge in [0.2, 0.25) is 5.91 Å². The topological polar surface area (TPSA) is 81.3 Å². The van der Waals surface area contributed by atoms with Crippen molar-refractivity contribution in [2.75, 3.05) is 19.4 Å². The third kappa shape index (κ3) is 3.71. The SMILES string of the molecule is Cc1[nH]c2ccccc2c1CN(C)C(=O)/C=C/c1cnc2c(c1)CN(C)C(=O)N2. The summed E-state index contributed by atoms with van der Waals surface area (Å²) in [5, 5.41) is 3.88. The van der Waals surface area contributed by atoms with Crippen LogP contribution in [-0.4, -0.2) is 45.8 Å². The van der Waals surface area contributed by atoms with Crippen LogP contribution in [0.5, 0.6) is 0 Å². The number of rotatable bonds is 4. The van der Waals surface area contributed by atoms with Crippen LogP contribution in [0, 0.1) is 6.92 Å². The Balaban J connectivity index is 1.47. The van der Waals surface area contributed by atoms with Crippen LogP contribution in [-0.2, 0) is 17.9 Å². The van der Waals surface area contributed by atoms with E-state index in [0.29, 0.717) is 18.9 Å². The molecule has 0 unspecified atom stereocenters.